The van der Waals surface area contributed by atoms with Crippen LogP contribution in [0.25, 0.3) is 16.9 Å². The van der Waals surface area contributed by atoms with Gasteiger partial charge in [0.1, 0.15) is 11.5 Å². The number of halogens is 1. The summed E-state index contributed by atoms with van der Waals surface area (Å²) >= 11 is 0. The summed E-state index contributed by atoms with van der Waals surface area (Å²) in [6.45, 7) is 15.7. The number of hydrogen-bond donors (Lipinski definition) is 2. The Morgan fingerprint density at radius 2 is 2.09 bits per heavy atom. The van der Waals surface area contributed by atoms with E-state index in [1.165, 1.54) is 5.56 Å². The molecule has 1 aliphatic rings. The third-order valence-electron chi connectivity index (χ3n) is 6.23. The van der Waals surface area contributed by atoms with E-state index in [0.717, 1.165) is 66.5 Å². The Morgan fingerprint density at radius 3 is 2.89 bits per heavy atom. The SMILES string of the molecule is C=CN/C=C\C(=C/C)c1cn2cc(C(=C)NCC(C)CN3CCc4cc(F)ccc4C3)nc2cn1. The summed E-state index contributed by atoms with van der Waals surface area (Å²) in [7, 11) is 0. The van der Waals surface area contributed by atoms with Crippen LogP contribution in [-0.4, -0.2) is 38.9 Å². The zero-order valence-corrected chi connectivity index (χ0v) is 20.5. The summed E-state index contributed by atoms with van der Waals surface area (Å²) in [5.74, 6) is 0.277. The molecule has 0 amide bonds. The molecule has 0 bridgehead atoms. The monoisotopic (exact) mass is 472 g/mol. The number of rotatable bonds is 10. The molecule has 6 nitrogen and oxygen atoms in total. The highest BCUT2D eigenvalue weighted by molar-refractivity contribution is 5.71. The maximum Gasteiger partial charge on any atom is 0.156 e. The van der Waals surface area contributed by atoms with E-state index in [-0.39, 0.29) is 5.82 Å². The average molecular weight is 473 g/mol. The van der Waals surface area contributed by atoms with Gasteiger partial charge in [-0.05, 0) is 60.4 Å². The molecule has 2 N–H and O–H groups in total. The third-order valence-corrected chi connectivity index (χ3v) is 6.23. The minimum Gasteiger partial charge on any atom is -0.383 e. The number of fused-ring (bicyclic) bond motifs is 2. The van der Waals surface area contributed by atoms with Gasteiger partial charge in [0, 0.05) is 44.8 Å². The van der Waals surface area contributed by atoms with Crippen molar-refractivity contribution in [2.24, 2.45) is 5.92 Å². The van der Waals surface area contributed by atoms with Crippen LogP contribution in [0.15, 0.2) is 74.5 Å². The number of hydrogen-bond acceptors (Lipinski definition) is 5. The highest BCUT2D eigenvalue weighted by Gasteiger charge is 2.18. The van der Waals surface area contributed by atoms with Crippen molar-refractivity contribution < 1.29 is 4.39 Å². The highest BCUT2D eigenvalue weighted by Crippen LogP contribution is 2.21. The van der Waals surface area contributed by atoms with Gasteiger partial charge in [-0.25, -0.2) is 9.37 Å². The van der Waals surface area contributed by atoms with Gasteiger partial charge in [0.25, 0.3) is 0 Å². The molecular formula is C28H33FN6. The van der Waals surface area contributed by atoms with Crippen molar-refractivity contribution in [3.05, 3.63) is 103 Å². The second-order valence-electron chi connectivity index (χ2n) is 8.98. The molecule has 0 saturated carbocycles. The summed E-state index contributed by atoms with van der Waals surface area (Å²) in [5.41, 5.74) is 6.58. The topological polar surface area (TPSA) is 57.5 Å². The Hall–Kier alpha value is -3.71. The fourth-order valence-corrected chi connectivity index (χ4v) is 4.36. The molecule has 0 fully saturated rings. The quantitative estimate of drug-likeness (QED) is 0.416. The molecule has 182 valence electrons. The molecule has 35 heavy (non-hydrogen) atoms. The zero-order valence-electron chi connectivity index (χ0n) is 20.5. The standard InChI is InChI=1S/C28H33FN6/c1-5-22(9-11-30-6-2)27-19-35-18-26(33-28(35)15-32-27)21(4)31-14-20(3)16-34-12-10-23-13-25(29)8-7-24(23)17-34/h5-9,11,13,15,18-20,30-31H,2,4,10,12,14,16-17H2,1,3H3/b11-9-,22-5+. The van der Waals surface area contributed by atoms with Crippen molar-refractivity contribution in [2.75, 3.05) is 19.6 Å². The van der Waals surface area contributed by atoms with Crippen LogP contribution < -0.4 is 10.6 Å². The lowest BCUT2D eigenvalue weighted by Gasteiger charge is -2.31. The molecule has 0 radical (unpaired) electrons. The van der Waals surface area contributed by atoms with Crippen LogP contribution in [0.3, 0.4) is 0 Å². The number of imidazole rings is 1. The van der Waals surface area contributed by atoms with E-state index < -0.39 is 0 Å². The first-order valence-electron chi connectivity index (χ1n) is 11.9. The Balaban J connectivity index is 1.33. The molecule has 0 spiro atoms. The van der Waals surface area contributed by atoms with Gasteiger partial charge < -0.3 is 15.0 Å². The Kier molecular flexibility index (Phi) is 7.77. The summed E-state index contributed by atoms with van der Waals surface area (Å²) in [6, 6.07) is 5.14. The number of nitrogens with zero attached hydrogens (tertiary/aromatic N) is 4. The van der Waals surface area contributed by atoms with Gasteiger partial charge in [0.05, 0.1) is 17.6 Å². The van der Waals surface area contributed by atoms with Crippen LogP contribution in [0.5, 0.6) is 0 Å². The van der Waals surface area contributed by atoms with E-state index in [9.17, 15) is 4.39 Å². The van der Waals surface area contributed by atoms with E-state index in [2.05, 4.69) is 45.6 Å². The molecule has 0 aliphatic carbocycles. The van der Waals surface area contributed by atoms with Crippen molar-refractivity contribution in [3.63, 3.8) is 0 Å². The van der Waals surface area contributed by atoms with Gasteiger partial charge in [0.2, 0.25) is 0 Å². The van der Waals surface area contributed by atoms with Gasteiger partial charge in [-0.3, -0.25) is 9.88 Å². The fraction of sp³-hybridized carbons (Fsp3) is 0.286. The smallest absolute Gasteiger partial charge is 0.156 e. The molecule has 2 aromatic heterocycles. The molecule has 1 aromatic carbocycles. The van der Waals surface area contributed by atoms with Gasteiger partial charge in [-0.1, -0.05) is 32.2 Å². The summed E-state index contributed by atoms with van der Waals surface area (Å²) in [5, 5.41) is 6.40. The van der Waals surface area contributed by atoms with Crippen molar-refractivity contribution in [1.82, 2.24) is 29.9 Å². The average Bonchev–Trinajstić information content (AvgIpc) is 3.29. The van der Waals surface area contributed by atoms with Gasteiger partial charge >= 0.3 is 0 Å². The summed E-state index contributed by atoms with van der Waals surface area (Å²) < 4.78 is 15.4. The van der Waals surface area contributed by atoms with Crippen molar-refractivity contribution >= 4 is 16.9 Å². The van der Waals surface area contributed by atoms with Crippen LogP contribution in [0, 0.1) is 11.7 Å². The Labute approximate surface area is 206 Å². The lowest BCUT2D eigenvalue weighted by Crippen LogP contribution is -2.36. The summed E-state index contributed by atoms with van der Waals surface area (Å²) in [4.78, 5) is 11.7. The van der Waals surface area contributed by atoms with Gasteiger partial charge in [0.15, 0.2) is 5.65 Å². The first-order chi connectivity index (χ1) is 17.0. The second-order valence-corrected chi connectivity index (χ2v) is 8.98. The van der Waals surface area contributed by atoms with Crippen molar-refractivity contribution in [3.8, 4) is 0 Å². The number of aromatic nitrogens is 3. The Morgan fingerprint density at radius 1 is 1.26 bits per heavy atom. The van der Waals surface area contributed by atoms with E-state index in [0.29, 0.717) is 5.92 Å². The van der Waals surface area contributed by atoms with Crippen LogP contribution in [-0.2, 0) is 13.0 Å². The minimum absolute atomic E-state index is 0.146. The van der Waals surface area contributed by atoms with Crippen molar-refractivity contribution in [1.29, 1.82) is 0 Å². The molecule has 0 saturated heterocycles. The van der Waals surface area contributed by atoms with Gasteiger partial charge in [-0.15, -0.1) is 0 Å². The maximum atomic E-state index is 13.5. The molecule has 1 atom stereocenters. The lowest BCUT2D eigenvalue weighted by molar-refractivity contribution is 0.219. The first kappa shape index (κ1) is 24.4. The van der Waals surface area contributed by atoms with Crippen LogP contribution in [0.1, 0.15) is 36.4 Å². The fourth-order valence-electron chi connectivity index (χ4n) is 4.36. The molecule has 7 heteroatoms. The number of benzene rings is 1. The minimum atomic E-state index is -0.146. The zero-order chi connectivity index (χ0) is 24.8. The third kappa shape index (κ3) is 6.05. The molecule has 1 unspecified atom stereocenters. The van der Waals surface area contributed by atoms with Crippen LogP contribution in [0.2, 0.25) is 0 Å². The van der Waals surface area contributed by atoms with E-state index in [1.807, 2.05) is 48.1 Å². The molecule has 1 aliphatic heterocycles. The molecule has 4 rings (SSSR count). The molecule has 3 heterocycles. The largest absolute Gasteiger partial charge is 0.383 e. The Bertz CT molecular complexity index is 1270. The maximum absolute atomic E-state index is 13.5. The number of nitrogens with one attached hydrogen (secondary N) is 2. The van der Waals surface area contributed by atoms with Crippen LogP contribution >= 0.6 is 0 Å². The summed E-state index contributed by atoms with van der Waals surface area (Å²) in [6.07, 6.45) is 14.0. The first-order valence-corrected chi connectivity index (χ1v) is 11.9. The lowest BCUT2D eigenvalue weighted by atomic mass is 9.98. The van der Waals surface area contributed by atoms with Crippen molar-refractivity contribution in [2.45, 2.75) is 26.8 Å². The van der Waals surface area contributed by atoms with Gasteiger partial charge in [-0.2, -0.15) is 0 Å². The second kappa shape index (κ2) is 11.1. The number of allylic oxidation sites excluding steroid dienone is 3. The van der Waals surface area contributed by atoms with Crippen LogP contribution in [0.4, 0.5) is 4.39 Å². The normalized spacial score (nSPS) is 15.2. The molecule has 3 aromatic rings. The van der Waals surface area contributed by atoms with E-state index in [4.69, 9.17) is 0 Å². The molecular weight excluding hydrogens is 439 g/mol. The predicted molar refractivity (Wildman–Crippen MR) is 141 cm³/mol. The van der Waals surface area contributed by atoms with E-state index in [1.54, 1.807) is 24.5 Å². The highest BCUT2D eigenvalue weighted by atomic mass is 19.1. The predicted octanol–water partition coefficient (Wildman–Crippen LogP) is 4.77. The van der Waals surface area contributed by atoms with E-state index >= 15 is 0 Å².